The van der Waals surface area contributed by atoms with Gasteiger partial charge in [-0.25, -0.2) is 0 Å². The van der Waals surface area contributed by atoms with Gasteiger partial charge in [0.05, 0.1) is 5.60 Å². The molecule has 3 rings (SSSR count). The Morgan fingerprint density at radius 1 is 1.09 bits per heavy atom. The van der Waals surface area contributed by atoms with Gasteiger partial charge >= 0.3 is 0 Å². The third-order valence-electron chi connectivity index (χ3n) is 5.75. The molecule has 122 valence electrons. The number of piperidine rings is 1. The molecule has 3 heteroatoms. The van der Waals surface area contributed by atoms with Crippen LogP contribution in [0.5, 0.6) is 0 Å². The van der Waals surface area contributed by atoms with E-state index in [4.69, 9.17) is 4.74 Å². The first kappa shape index (κ1) is 16.0. The van der Waals surface area contributed by atoms with Crippen molar-refractivity contribution in [1.29, 1.82) is 0 Å². The van der Waals surface area contributed by atoms with Crippen molar-refractivity contribution < 1.29 is 9.84 Å². The van der Waals surface area contributed by atoms with Crippen molar-refractivity contribution in [2.24, 2.45) is 0 Å². The van der Waals surface area contributed by atoms with Crippen LogP contribution in [0.2, 0.25) is 0 Å². The van der Waals surface area contributed by atoms with E-state index in [0.29, 0.717) is 32.0 Å². The largest absolute Gasteiger partial charge is 0.385 e. The van der Waals surface area contributed by atoms with Gasteiger partial charge in [-0.15, -0.1) is 0 Å². The second-order valence-corrected chi connectivity index (χ2v) is 7.08. The Hall–Kier alpha value is -0.900. The molecule has 2 fully saturated rings. The van der Waals surface area contributed by atoms with Gasteiger partial charge in [-0.2, -0.15) is 0 Å². The predicted octanol–water partition coefficient (Wildman–Crippen LogP) is 3.08. The Labute approximate surface area is 134 Å². The second-order valence-electron chi connectivity index (χ2n) is 7.08. The van der Waals surface area contributed by atoms with Gasteiger partial charge < -0.3 is 15.2 Å². The minimum atomic E-state index is -0.707. The van der Waals surface area contributed by atoms with Gasteiger partial charge in [-0.1, -0.05) is 6.07 Å². The first-order valence-electron chi connectivity index (χ1n) is 8.65. The molecule has 1 aromatic rings. The number of rotatable bonds is 2. The standard InChI is InChI=1S/C19H29NO2/c1-13-12-17(16-4-8-20-9-5-16)18(15(3)14(13)2)19(21)6-10-22-11-7-19/h12,16,20-21H,4-11H2,1-3H3. The van der Waals surface area contributed by atoms with Gasteiger partial charge in [0.2, 0.25) is 0 Å². The minimum absolute atomic E-state index is 0.570. The van der Waals surface area contributed by atoms with Crippen LogP contribution in [0.15, 0.2) is 6.07 Å². The number of aryl methyl sites for hydroxylation is 1. The highest BCUT2D eigenvalue weighted by Crippen LogP contribution is 2.42. The third-order valence-corrected chi connectivity index (χ3v) is 5.75. The zero-order chi connectivity index (χ0) is 15.7. The highest BCUT2D eigenvalue weighted by atomic mass is 16.5. The Morgan fingerprint density at radius 2 is 1.73 bits per heavy atom. The molecule has 2 aliphatic rings. The van der Waals surface area contributed by atoms with Crippen LogP contribution in [-0.4, -0.2) is 31.4 Å². The van der Waals surface area contributed by atoms with Crippen LogP contribution in [0.3, 0.4) is 0 Å². The second kappa shape index (κ2) is 6.31. The number of aliphatic hydroxyl groups is 1. The van der Waals surface area contributed by atoms with Gasteiger partial charge in [0.25, 0.3) is 0 Å². The highest BCUT2D eigenvalue weighted by molar-refractivity contribution is 5.49. The van der Waals surface area contributed by atoms with Crippen molar-refractivity contribution in [2.45, 2.75) is 58.0 Å². The molecule has 1 aromatic carbocycles. The molecule has 0 saturated carbocycles. The zero-order valence-corrected chi connectivity index (χ0v) is 14.2. The summed E-state index contributed by atoms with van der Waals surface area (Å²) in [5.74, 6) is 0.570. The Morgan fingerprint density at radius 3 is 2.36 bits per heavy atom. The average Bonchev–Trinajstić information content (AvgIpc) is 2.53. The maximum Gasteiger partial charge on any atom is 0.0945 e. The van der Waals surface area contributed by atoms with Crippen LogP contribution in [0.4, 0.5) is 0 Å². The summed E-state index contributed by atoms with van der Waals surface area (Å²) < 4.78 is 5.50. The van der Waals surface area contributed by atoms with Gasteiger partial charge in [-0.3, -0.25) is 0 Å². The number of nitrogens with one attached hydrogen (secondary N) is 1. The maximum absolute atomic E-state index is 11.4. The van der Waals surface area contributed by atoms with Crippen LogP contribution < -0.4 is 5.32 Å². The summed E-state index contributed by atoms with van der Waals surface area (Å²) >= 11 is 0. The smallest absolute Gasteiger partial charge is 0.0945 e. The quantitative estimate of drug-likeness (QED) is 0.882. The maximum atomic E-state index is 11.4. The van der Waals surface area contributed by atoms with Gasteiger partial charge in [0.15, 0.2) is 0 Å². The normalized spacial score (nSPS) is 22.7. The molecule has 0 unspecified atom stereocenters. The Bertz CT molecular complexity index is 541. The van der Waals surface area contributed by atoms with E-state index in [1.807, 2.05) is 0 Å². The van der Waals surface area contributed by atoms with E-state index in [2.05, 4.69) is 32.2 Å². The van der Waals surface area contributed by atoms with Gasteiger partial charge in [0.1, 0.15) is 0 Å². The van der Waals surface area contributed by atoms with Gasteiger partial charge in [-0.05, 0) is 80.4 Å². The van der Waals surface area contributed by atoms with E-state index >= 15 is 0 Å². The van der Waals surface area contributed by atoms with Gasteiger partial charge in [0, 0.05) is 26.1 Å². The van der Waals surface area contributed by atoms with Crippen molar-refractivity contribution in [2.75, 3.05) is 26.3 Å². The fraction of sp³-hybridized carbons (Fsp3) is 0.684. The van der Waals surface area contributed by atoms with Crippen LogP contribution in [0.25, 0.3) is 0 Å². The molecule has 2 heterocycles. The number of hydrogen-bond donors (Lipinski definition) is 2. The summed E-state index contributed by atoms with van der Waals surface area (Å²) in [5.41, 5.74) is 5.87. The molecule has 2 aliphatic heterocycles. The summed E-state index contributed by atoms with van der Waals surface area (Å²) in [6.07, 6.45) is 3.77. The topological polar surface area (TPSA) is 41.5 Å². The van der Waals surface area contributed by atoms with E-state index in [-0.39, 0.29) is 0 Å². The number of benzene rings is 1. The van der Waals surface area contributed by atoms with Crippen molar-refractivity contribution in [3.05, 3.63) is 33.9 Å². The fourth-order valence-electron chi connectivity index (χ4n) is 4.15. The lowest BCUT2D eigenvalue weighted by atomic mass is 9.74. The summed E-state index contributed by atoms with van der Waals surface area (Å²) in [7, 11) is 0. The van der Waals surface area contributed by atoms with Crippen molar-refractivity contribution in [1.82, 2.24) is 5.32 Å². The molecule has 2 N–H and O–H groups in total. The van der Waals surface area contributed by atoms with Crippen LogP contribution in [0, 0.1) is 20.8 Å². The van der Waals surface area contributed by atoms with Crippen LogP contribution >= 0.6 is 0 Å². The lowest BCUT2D eigenvalue weighted by Gasteiger charge is -2.38. The molecular formula is C19H29NO2. The summed E-state index contributed by atoms with van der Waals surface area (Å²) in [6.45, 7) is 10.1. The summed E-state index contributed by atoms with van der Waals surface area (Å²) in [5, 5.41) is 14.8. The lowest BCUT2D eigenvalue weighted by Crippen LogP contribution is -2.37. The molecule has 0 amide bonds. The molecular weight excluding hydrogens is 274 g/mol. The molecule has 0 atom stereocenters. The van der Waals surface area contributed by atoms with E-state index < -0.39 is 5.60 Å². The Balaban J connectivity index is 2.11. The average molecular weight is 303 g/mol. The third kappa shape index (κ3) is 2.82. The zero-order valence-electron chi connectivity index (χ0n) is 14.2. The SMILES string of the molecule is Cc1cc(C2CCNCC2)c(C2(O)CCOCC2)c(C)c1C. The van der Waals surface area contributed by atoms with Crippen molar-refractivity contribution >= 4 is 0 Å². The number of hydrogen-bond acceptors (Lipinski definition) is 3. The molecule has 0 radical (unpaired) electrons. The van der Waals surface area contributed by atoms with E-state index in [0.717, 1.165) is 13.1 Å². The Kier molecular flexibility index (Phi) is 4.58. The molecule has 3 nitrogen and oxygen atoms in total. The van der Waals surface area contributed by atoms with Crippen molar-refractivity contribution in [3.63, 3.8) is 0 Å². The molecule has 0 aromatic heterocycles. The molecule has 2 saturated heterocycles. The monoisotopic (exact) mass is 303 g/mol. The number of ether oxygens (including phenoxy) is 1. The fourth-order valence-corrected chi connectivity index (χ4v) is 4.15. The molecule has 22 heavy (non-hydrogen) atoms. The minimum Gasteiger partial charge on any atom is -0.385 e. The summed E-state index contributed by atoms with van der Waals surface area (Å²) in [4.78, 5) is 0. The van der Waals surface area contributed by atoms with E-state index in [9.17, 15) is 5.11 Å². The predicted molar refractivity (Wildman–Crippen MR) is 89.4 cm³/mol. The van der Waals surface area contributed by atoms with Crippen LogP contribution in [0.1, 0.15) is 59.4 Å². The highest BCUT2D eigenvalue weighted by Gasteiger charge is 2.37. The van der Waals surface area contributed by atoms with E-state index in [1.54, 1.807) is 0 Å². The molecule has 0 aliphatic carbocycles. The first-order chi connectivity index (χ1) is 10.5. The van der Waals surface area contributed by atoms with E-state index in [1.165, 1.54) is 40.7 Å². The van der Waals surface area contributed by atoms with Crippen LogP contribution in [-0.2, 0) is 10.3 Å². The first-order valence-corrected chi connectivity index (χ1v) is 8.65. The summed E-state index contributed by atoms with van der Waals surface area (Å²) in [6, 6.07) is 2.35. The molecule has 0 bridgehead atoms. The lowest BCUT2D eigenvalue weighted by molar-refractivity contribution is -0.0690. The van der Waals surface area contributed by atoms with Crippen molar-refractivity contribution in [3.8, 4) is 0 Å². The molecule has 0 spiro atoms.